The third-order valence-electron chi connectivity index (χ3n) is 3.78. The fourth-order valence-corrected chi connectivity index (χ4v) is 1.85. The minimum absolute atomic E-state index is 0.0106. The maximum Gasteiger partial charge on any atom is 0.497 e. The average molecular weight is 272 g/mol. The summed E-state index contributed by atoms with van der Waals surface area (Å²) in [6, 6.07) is 3.18. The molecular weight excluding hydrogens is 256 g/mol. The van der Waals surface area contributed by atoms with Crippen molar-refractivity contribution < 1.29 is 22.5 Å². The van der Waals surface area contributed by atoms with Crippen molar-refractivity contribution in [3.8, 4) is 0 Å². The van der Waals surface area contributed by atoms with Gasteiger partial charge in [0.25, 0.3) is 6.43 Å². The van der Waals surface area contributed by atoms with Crippen LogP contribution in [0.1, 0.15) is 39.7 Å². The lowest BCUT2D eigenvalue weighted by atomic mass is 9.78. The molecule has 1 heterocycles. The van der Waals surface area contributed by atoms with Gasteiger partial charge in [-0.15, -0.1) is 0 Å². The van der Waals surface area contributed by atoms with Gasteiger partial charge in [-0.2, -0.15) is 0 Å². The van der Waals surface area contributed by atoms with Gasteiger partial charge >= 0.3 is 7.12 Å². The van der Waals surface area contributed by atoms with Crippen molar-refractivity contribution in [1.29, 1.82) is 0 Å². The van der Waals surface area contributed by atoms with Crippen molar-refractivity contribution in [2.75, 3.05) is 0 Å². The van der Waals surface area contributed by atoms with E-state index in [0.717, 1.165) is 18.2 Å². The lowest BCUT2D eigenvalue weighted by molar-refractivity contribution is 0.00578. The molecule has 0 N–H and O–H groups in total. The molecule has 6 heteroatoms. The molecule has 0 unspecified atom stereocenters. The fraction of sp³-hybridized carbons (Fsp3) is 0.538. The second-order valence-electron chi connectivity index (χ2n) is 5.67. The third kappa shape index (κ3) is 2.51. The van der Waals surface area contributed by atoms with E-state index in [0.29, 0.717) is 0 Å². The Morgan fingerprint density at radius 3 is 2.05 bits per heavy atom. The zero-order chi connectivity index (χ0) is 14.4. The summed E-state index contributed by atoms with van der Waals surface area (Å²) in [6.07, 6.45) is -2.65. The molecule has 1 aliphatic rings. The standard InChI is InChI=1S/C13H16BF3O2/c1-12(2)13(3,4)19-14(18-12)9-7-8(11(16)17)5-6-10(9)15/h5-7,11H,1-4H3. The van der Waals surface area contributed by atoms with Crippen molar-refractivity contribution in [3.63, 3.8) is 0 Å². The van der Waals surface area contributed by atoms with E-state index in [1.165, 1.54) is 0 Å². The molecule has 2 rings (SSSR count). The summed E-state index contributed by atoms with van der Waals surface area (Å²) in [7, 11) is -0.969. The normalized spacial score (nSPS) is 21.2. The fourth-order valence-electron chi connectivity index (χ4n) is 1.85. The van der Waals surface area contributed by atoms with E-state index < -0.39 is 30.6 Å². The van der Waals surface area contributed by atoms with Gasteiger partial charge in [-0.1, -0.05) is 12.1 Å². The Labute approximate surface area is 111 Å². The smallest absolute Gasteiger partial charge is 0.399 e. The van der Waals surface area contributed by atoms with Gasteiger partial charge in [0.15, 0.2) is 0 Å². The summed E-state index contributed by atoms with van der Waals surface area (Å²) in [6.45, 7) is 7.29. The van der Waals surface area contributed by atoms with Crippen LogP contribution < -0.4 is 5.46 Å². The summed E-state index contributed by atoms with van der Waals surface area (Å²) in [5.41, 5.74) is -1.50. The van der Waals surface area contributed by atoms with Crippen LogP contribution >= 0.6 is 0 Å². The number of rotatable bonds is 2. The molecular formula is C13H16BF3O2. The lowest BCUT2D eigenvalue weighted by Gasteiger charge is -2.32. The van der Waals surface area contributed by atoms with Crippen LogP contribution in [0.15, 0.2) is 18.2 Å². The van der Waals surface area contributed by atoms with Crippen molar-refractivity contribution in [2.24, 2.45) is 0 Å². The van der Waals surface area contributed by atoms with Crippen LogP contribution in [0.3, 0.4) is 0 Å². The highest BCUT2D eigenvalue weighted by Crippen LogP contribution is 2.36. The van der Waals surface area contributed by atoms with Crippen molar-refractivity contribution in [2.45, 2.75) is 45.3 Å². The Morgan fingerprint density at radius 1 is 1.05 bits per heavy atom. The molecule has 0 bridgehead atoms. The first kappa shape index (κ1) is 14.4. The number of benzene rings is 1. The van der Waals surface area contributed by atoms with Gasteiger partial charge in [-0.25, -0.2) is 13.2 Å². The molecule has 1 aromatic carbocycles. The Morgan fingerprint density at radius 2 is 1.58 bits per heavy atom. The van der Waals surface area contributed by atoms with E-state index in [-0.39, 0.29) is 11.0 Å². The van der Waals surface area contributed by atoms with Gasteiger partial charge in [-0.3, -0.25) is 0 Å². The van der Waals surface area contributed by atoms with Crippen LogP contribution in [-0.4, -0.2) is 18.3 Å². The molecule has 0 spiro atoms. The highest BCUT2D eigenvalue weighted by atomic mass is 19.3. The van der Waals surface area contributed by atoms with Crippen molar-refractivity contribution in [3.05, 3.63) is 29.6 Å². The van der Waals surface area contributed by atoms with Crippen molar-refractivity contribution in [1.82, 2.24) is 0 Å². The average Bonchev–Trinajstić information content (AvgIpc) is 2.48. The van der Waals surface area contributed by atoms with Gasteiger partial charge in [0.1, 0.15) is 5.82 Å². The number of halogens is 3. The number of hydrogen-bond donors (Lipinski definition) is 0. The third-order valence-corrected chi connectivity index (χ3v) is 3.78. The van der Waals surface area contributed by atoms with Crippen molar-refractivity contribution >= 4 is 12.6 Å². The molecule has 1 saturated heterocycles. The minimum atomic E-state index is -2.65. The van der Waals surface area contributed by atoms with E-state index in [2.05, 4.69) is 0 Å². The monoisotopic (exact) mass is 272 g/mol. The van der Waals surface area contributed by atoms with Crippen LogP contribution in [0, 0.1) is 5.82 Å². The zero-order valence-electron chi connectivity index (χ0n) is 11.3. The molecule has 0 aromatic heterocycles. The summed E-state index contributed by atoms with van der Waals surface area (Å²) in [4.78, 5) is 0. The second-order valence-corrected chi connectivity index (χ2v) is 5.67. The summed E-state index contributed by atoms with van der Waals surface area (Å²) >= 11 is 0. The highest BCUT2D eigenvalue weighted by Gasteiger charge is 2.52. The summed E-state index contributed by atoms with van der Waals surface area (Å²) in [5, 5.41) is 0. The quantitative estimate of drug-likeness (QED) is 0.770. The SMILES string of the molecule is CC1(C)OB(c2cc(C(F)F)ccc2F)OC1(C)C. The molecule has 0 saturated carbocycles. The van der Waals surface area contributed by atoms with Crippen LogP contribution in [0.4, 0.5) is 13.2 Å². The molecule has 0 aliphatic carbocycles. The first-order valence-corrected chi connectivity index (χ1v) is 6.07. The van der Waals surface area contributed by atoms with E-state index in [9.17, 15) is 13.2 Å². The predicted molar refractivity (Wildman–Crippen MR) is 67.1 cm³/mol. The Kier molecular flexibility index (Phi) is 3.43. The van der Waals surface area contributed by atoms with Gasteiger partial charge in [-0.05, 0) is 33.8 Å². The van der Waals surface area contributed by atoms with Crippen LogP contribution in [0.2, 0.25) is 0 Å². The number of alkyl halides is 2. The molecule has 1 fully saturated rings. The molecule has 2 nitrogen and oxygen atoms in total. The van der Waals surface area contributed by atoms with Crippen LogP contribution in [0.5, 0.6) is 0 Å². The lowest BCUT2D eigenvalue weighted by Crippen LogP contribution is -2.41. The largest absolute Gasteiger partial charge is 0.497 e. The predicted octanol–water partition coefficient (Wildman–Crippen LogP) is 3.06. The van der Waals surface area contributed by atoms with Gasteiger partial charge in [0.2, 0.25) is 0 Å². The topological polar surface area (TPSA) is 18.5 Å². The summed E-state index contributed by atoms with van der Waals surface area (Å²) < 4.78 is 50.4. The van der Waals surface area contributed by atoms with Gasteiger partial charge < -0.3 is 9.31 Å². The molecule has 1 aliphatic heterocycles. The Bertz CT molecular complexity index is 473. The Balaban J connectivity index is 2.36. The minimum Gasteiger partial charge on any atom is -0.399 e. The molecule has 0 radical (unpaired) electrons. The van der Waals surface area contributed by atoms with Gasteiger partial charge in [0, 0.05) is 11.0 Å². The second kappa shape index (κ2) is 4.53. The molecule has 0 amide bonds. The zero-order valence-corrected chi connectivity index (χ0v) is 11.3. The maximum atomic E-state index is 13.8. The molecule has 19 heavy (non-hydrogen) atoms. The maximum absolute atomic E-state index is 13.8. The van der Waals surface area contributed by atoms with E-state index in [4.69, 9.17) is 9.31 Å². The summed E-state index contributed by atoms with van der Waals surface area (Å²) in [5.74, 6) is -0.608. The van der Waals surface area contributed by atoms with E-state index in [1.807, 2.05) is 27.7 Å². The highest BCUT2D eigenvalue weighted by molar-refractivity contribution is 6.62. The van der Waals surface area contributed by atoms with E-state index in [1.54, 1.807) is 0 Å². The number of hydrogen-bond acceptors (Lipinski definition) is 2. The first-order valence-electron chi connectivity index (χ1n) is 6.07. The van der Waals surface area contributed by atoms with Crippen LogP contribution in [-0.2, 0) is 9.31 Å². The molecule has 0 atom stereocenters. The van der Waals surface area contributed by atoms with Crippen LogP contribution in [0.25, 0.3) is 0 Å². The molecule has 1 aromatic rings. The molecule has 104 valence electrons. The Hall–Kier alpha value is -1.01. The van der Waals surface area contributed by atoms with Gasteiger partial charge in [0.05, 0.1) is 11.2 Å². The first-order chi connectivity index (χ1) is 8.64. The van der Waals surface area contributed by atoms with E-state index >= 15 is 0 Å².